The Balaban J connectivity index is 2.17. The standard InChI is InChI=1S/C16H27N3O2/c1-13(2)7-5-3-4-6-10-18-15(20)12-19-11-14(17)8-9-16(19)21/h8-9,11,13H,3-7,10,12,17H2,1-2H3,(H,18,20). The van der Waals surface area contributed by atoms with Crippen LogP contribution in [0.4, 0.5) is 5.69 Å². The first kappa shape index (κ1) is 17.3. The van der Waals surface area contributed by atoms with Gasteiger partial charge in [0.2, 0.25) is 5.91 Å². The van der Waals surface area contributed by atoms with E-state index in [1.807, 2.05) is 0 Å². The molecule has 0 aliphatic carbocycles. The minimum atomic E-state index is -0.215. The van der Waals surface area contributed by atoms with Gasteiger partial charge in [0.05, 0.1) is 0 Å². The third kappa shape index (κ3) is 7.54. The molecule has 0 aliphatic rings. The fourth-order valence-electron chi connectivity index (χ4n) is 2.14. The molecule has 5 nitrogen and oxygen atoms in total. The molecule has 21 heavy (non-hydrogen) atoms. The van der Waals surface area contributed by atoms with Crippen LogP contribution in [0.15, 0.2) is 23.1 Å². The molecule has 0 saturated heterocycles. The summed E-state index contributed by atoms with van der Waals surface area (Å²) in [7, 11) is 0. The van der Waals surface area contributed by atoms with Crippen molar-refractivity contribution in [2.24, 2.45) is 5.92 Å². The highest BCUT2D eigenvalue weighted by Crippen LogP contribution is 2.08. The van der Waals surface area contributed by atoms with Gasteiger partial charge >= 0.3 is 0 Å². The van der Waals surface area contributed by atoms with Crippen molar-refractivity contribution in [3.63, 3.8) is 0 Å². The summed E-state index contributed by atoms with van der Waals surface area (Å²) < 4.78 is 1.33. The molecule has 0 radical (unpaired) electrons. The van der Waals surface area contributed by atoms with E-state index in [-0.39, 0.29) is 18.0 Å². The molecule has 118 valence electrons. The molecular formula is C16H27N3O2. The SMILES string of the molecule is CC(C)CCCCCCNC(=O)Cn1cc(N)ccc1=O. The number of carbonyl (C=O) groups excluding carboxylic acids is 1. The number of pyridine rings is 1. The highest BCUT2D eigenvalue weighted by molar-refractivity contribution is 5.75. The largest absolute Gasteiger partial charge is 0.398 e. The summed E-state index contributed by atoms with van der Waals surface area (Å²) in [5.74, 6) is 0.617. The number of carbonyl (C=O) groups is 1. The van der Waals surface area contributed by atoms with Crippen LogP contribution in [0.25, 0.3) is 0 Å². The first-order valence-corrected chi connectivity index (χ1v) is 7.71. The second kappa shape index (κ2) is 9.21. The number of unbranched alkanes of at least 4 members (excludes halogenated alkanes) is 3. The van der Waals surface area contributed by atoms with Gasteiger partial charge in [-0.1, -0.05) is 39.5 Å². The lowest BCUT2D eigenvalue weighted by atomic mass is 10.0. The van der Waals surface area contributed by atoms with Crippen molar-refractivity contribution in [1.82, 2.24) is 9.88 Å². The van der Waals surface area contributed by atoms with E-state index in [0.717, 1.165) is 18.8 Å². The van der Waals surface area contributed by atoms with Crippen molar-refractivity contribution in [3.8, 4) is 0 Å². The fourth-order valence-corrected chi connectivity index (χ4v) is 2.14. The molecule has 0 saturated carbocycles. The third-order valence-electron chi connectivity index (χ3n) is 3.35. The smallest absolute Gasteiger partial charge is 0.251 e. The van der Waals surface area contributed by atoms with Gasteiger partial charge in [0, 0.05) is 24.5 Å². The lowest BCUT2D eigenvalue weighted by molar-refractivity contribution is -0.121. The normalized spacial score (nSPS) is 10.8. The summed E-state index contributed by atoms with van der Waals surface area (Å²) in [6.45, 7) is 5.16. The number of aromatic nitrogens is 1. The second-order valence-electron chi connectivity index (χ2n) is 5.88. The molecule has 1 aromatic rings. The molecule has 0 bridgehead atoms. The summed E-state index contributed by atoms with van der Waals surface area (Å²) in [5, 5.41) is 2.84. The van der Waals surface area contributed by atoms with Gasteiger partial charge in [-0.3, -0.25) is 9.59 Å². The maximum Gasteiger partial charge on any atom is 0.251 e. The van der Waals surface area contributed by atoms with Gasteiger partial charge in [0.25, 0.3) is 5.56 Å². The Morgan fingerprint density at radius 1 is 1.24 bits per heavy atom. The third-order valence-corrected chi connectivity index (χ3v) is 3.35. The monoisotopic (exact) mass is 293 g/mol. The zero-order chi connectivity index (χ0) is 15.7. The van der Waals surface area contributed by atoms with E-state index >= 15 is 0 Å². The Morgan fingerprint density at radius 3 is 2.67 bits per heavy atom. The van der Waals surface area contributed by atoms with Crippen LogP contribution in [0, 0.1) is 5.92 Å². The lowest BCUT2D eigenvalue weighted by Crippen LogP contribution is -2.32. The zero-order valence-corrected chi connectivity index (χ0v) is 13.1. The van der Waals surface area contributed by atoms with Crippen LogP contribution in [0.5, 0.6) is 0 Å². The molecule has 0 unspecified atom stereocenters. The molecule has 3 N–H and O–H groups in total. The van der Waals surface area contributed by atoms with E-state index in [1.54, 1.807) is 0 Å². The lowest BCUT2D eigenvalue weighted by Gasteiger charge is -2.08. The van der Waals surface area contributed by atoms with E-state index < -0.39 is 0 Å². The number of nitrogens with zero attached hydrogens (tertiary/aromatic N) is 1. The van der Waals surface area contributed by atoms with E-state index in [1.165, 1.54) is 42.2 Å². The van der Waals surface area contributed by atoms with Crippen LogP contribution in [-0.2, 0) is 11.3 Å². The highest BCUT2D eigenvalue weighted by atomic mass is 16.2. The summed E-state index contributed by atoms with van der Waals surface area (Å²) >= 11 is 0. The predicted molar refractivity (Wildman–Crippen MR) is 86.0 cm³/mol. The predicted octanol–water partition coefficient (Wildman–Crippen LogP) is 2.15. The average molecular weight is 293 g/mol. The number of hydrogen-bond acceptors (Lipinski definition) is 3. The Hall–Kier alpha value is -1.78. The van der Waals surface area contributed by atoms with Crippen LogP contribution < -0.4 is 16.6 Å². The second-order valence-corrected chi connectivity index (χ2v) is 5.88. The number of hydrogen-bond donors (Lipinski definition) is 2. The molecule has 0 fully saturated rings. The van der Waals surface area contributed by atoms with E-state index in [0.29, 0.717) is 12.2 Å². The Labute approximate surface area is 126 Å². The molecule has 1 aromatic heterocycles. The number of nitrogen functional groups attached to an aromatic ring is 1. The Kier molecular flexibility index (Phi) is 7.58. The van der Waals surface area contributed by atoms with Gasteiger partial charge in [0.1, 0.15) is 6.54 Å². The molecule has 0 spiro atoms. The number of anilines is 1. The van der Waals surface area contributed by atoms with Gasteiger partial charge in [-0.05, 0) is 18.4 Å². The molecule has 5 heteroatoms. The maximum absolute atomic E-state index is 11.7. The fraction of sp³-hybridized carbons (Fsp3) is 0.625. The first-order chi connectivity index (χ1) is 9.99. The first-order valence-electron chi connectivity index (χ1n) is 7.71. The quantitative estimate of drug-likeness (QED) is 0.685. The van der Waals surface area contributed by atoms with Crippen LogP contribution >= 0.6 is 0 Å². The number of nitrogens with one attached hydrogen (secondary N) is 1. The number of nitrogens with two attached hydrogens (primary N) is 1. The molecule has 0 aliphatic heterocycles. The summed E-state index contributed by atoms with van der Waals surface area (Å²) in [6, 6.07) is 2.91. The van der Waals surface area contributed by atoms with Crippen molar-refractivity contribution < 1.29 is 4.79 Å². The van der Waals surface area contributed by atoms with Crippen LogP contribution in [0.1, 0.15) is 46.0 Å². The van der Waals surface area contributed by atoms with E-state index in [4.69, 9.17) is 5.73 Å². The summed E-state index contributed by atoms with van der Waals surface area (Å²) in [4.78, 5) is 23.3. The van der Waals surface area contributed by atoms with E-state index in [2.05, 4.69) is 19.2 Å². The zero-order valence-electron chi connectivity index (χ0n) is 13.1. The van der Waals surface area contributed by atoms with Crippen molar-refractivity contribution in [3.05, 3.63) is 28.7 Å². The van der Waals surface area contributed by atoms with Gasteiger partial charge < -0.3 is 15.6 Å². The molecule has 0 aromatic carbocycles. The summed E-state index contributed by atoms with van der Waals surface area (Å²) in [6.07, 6.45) is 7.34. The minimum absolute atomic E-state index is 0.0250. The van der Waals surface area contributed by atoms with Crippen molar-refractivity contribution >= 4 is 11.6 Å². The summed E-state index contributed by atoms with van der Waals surface area (Å²) in [5.41, 5.74) is 5.87. The molecule has 1 amide bonds. The van der Waals surface area contributed by atoms with Crippen LogP contribution in [-0.4, -0.2) is 17.0 Å². The Morgan fingerprint density at radius 2 is 1.95 bits per heavy atom. The molecular weight excluding hydrogens is 266 g/mol. The van der Waals surface area contributed by atoms with Crippen LogP contribution in [0.3, 0.4) is 0 Å². The molecule has 1 heterocycles. The van der Waals surface area contributed by atoms with Crippen LogP contribution in [0.2, 0.25) is 0 Å². The van der Waals surface area contributed by atoms with Gasteiger partial charge in [-0.2, -0.15) is 0 Å². The molecule has 1 rings (SSSR count). The average Bonchev–Trinajstić information content (AvgIpc) is 2.41. The topological polar surface area (TPSA) is 77.1 Å². The Bertz CT molecular complexity index is 495. The molecule has 0 atom stereocenters. The van der Waals surface area contributed by atoms with Crippen molar-refractivity contribution in [2.45, 2.75) is 52.5 Å². The van der Waals surface area contributed by atoms with Gasteiger partial charge in [-0.25, -0.2) is 0 Å². The number of amides is 1. The van der Waals surface area contributed by atoms with E-state index in [9.17, 15) is 9.59 Å². The van der Waals surface area contributed by atoms with Gasteiger partial charge in [-0.15, -0.1) is 0 Å². The van der Waals surface area contributed by atoms with Crippen molar-refractivity contribution in [2.75, 3.05) is 12.3 Å². The van der Waals surface area contributed by atoms with Gasteiger partial charge in [0.15, 0.2) is 0 Å². The number of rotatable bonds is 9. The highest BCUT2D eigenvalue weighted by Gasteiger charge is 2.04. The minimum Gasteiger partial charge on any atom is -0.398 e. The maximum atomic E-state index is 11.7. The van der Waals surface area contributed by atoms with Crippen molar-refractivity contribution in [1.29, 1.82) is 0 Å².